The van der Waals surface area contributed by atoms with Gasteiger partial charge in [0.2, 0.25) is 5.76 Å². The second kappa shape index (κ2) is 5.87. The lowest BCUT2D eigenvalue weighted by Gasteiger charge is -2.07. The van der Waals surface area contributed by atoms with E-state index in [0.29, 0.717) is 5.56 Å². The SMILES string of the molecule is CCOC(=O)C(O)=C(C#N)c1ccc(C)cc1C. The number of carbonyl (C=O) groups excluding carboxylic acids is 1. The molecule has 1 aromatic rings. The van der Waals surface area contributed by atoms with Crippen molar-refractivity contribution in [2.45, 2.75) is 20.8 Å². The molecule has 0 atom stereocenters. The molecule has 0 saturated heterocycles. The summed E-state index contributed by atoms with van der Waals surface area (Å²) in [5.41, 5.74) is 2.34. The Kier molecular flexibility index (Phi) is 4.50. The summed E-state index contributed by atoms with van der Waals surface area (Å²) >= 11 is 0. The number of aliphatic hydroxyl groups excluding tert-OH is 1. The van der Waals surface area contributed by atoms with Gasteiger partial charge in [-0.05, 0) is 31.9 Å². The quantitative estimate of drug-likeness (QED) is 0.384. The first-order valence-electron chi connectivity index (χ1n) is 5.59. The maximum atomic E-state index is 11.4. The van der Waals surface area contributed by atoms with Gasteiger partial charge in [0.25, 0.3) is 0 Å². The molecular formula is C14H15NO3. The van der Waals surface area contributed by atoms with Crippen molar-refractivity contribution in [1.29, 1.82) is 5.26 Å². The Morgan fingerprint density at radius 2 is 2.11 bits per heavy atom. The highest BCUT2D eigenvalue weighted by atomic mass is 16.5. The van der Waals surface area contributed by atoms with Crippen LogP contribution in [0.2, 0.25) is 0 Å². The number of rotatable bonds is 3. The zero-order valence-corrected chi connectivity index (χ0v) is 10.7. The molecule has 0 unspecified atom stereocenters. The van der Waals surface area contributed by atoms with Gasteiger partial charge in [0.05, 0.1) is 6.61 Å². The van der Waals surface area contributed by atoms with Crippen molar-refractivity contribution in [3.8, 4) is 6.07 Å². The number of ether oxygens (including phenoxy) is 1. The minimum atomic E-state index is -0.881. The summed E-state index contributed by atoms with van der Waals surface area (Å²) in [7, 11) is 0. The average molecular weight is 245 g/mol. The van der Waals surface area contributed by atoms with Crippen LogP contribution in [0.4, 0.5) is 0 Å². The van der Waals surface area contributed by atoms with Gasteiger partial charge >= 0.3 is 5.97 Å². The van der Waals surface area contributed by atoms with Gasteiger partial charge in [-0.25, -0.2) is 4.79 Å². The summed E-state index contributed by atoms with van der Waals surface area (Å²) in [5, 5.41) is 18.8. The standard InChI is InChI=1S/C14H15NO3/c1-4-18-14(17)13(16)12(8-15)11-6-5-9(2)7-10(11)3/h5-7,16H,4H2,1-3H3. The van der Waals surface area contributed by atoms with Crippen molar-refractivity contribution >= 4 is 11.5 Å². The minimum absolute atomic E-state index is 0.0639. The number of allylic oxidation sites excluding steroid dienone is 1. The topological polar surface area (TPSA) is 70.3 Å². The maximum Gasteiger partial charge on any atom is 0.374 e. The monoisotopic (exact) mass is 245 g/mol. The Hall–Kier alpha value is -2.28. The van der Waals surface area contributed by atoms with Crippen LogP contribution in [0.1, 0.15) is 23.6 Å². The number of carbonyl (C=O) groups is 1. The lowest BCUT2D eigenvalue weighted by molar-refractivity contribution is -0.141. The van der Waals surface area contributed by atoms with Crippen molar-refractivity contribution < 1.29 is 14.6 Å². The normalized spacial score (nSPS) is 11.4. The van der Waals surface area contributed by atoms with Crippen LogP contribution in [0.25, 0.3) is 5.57 Å². The van der Waals surface area contributed by atoms with Crippen LogP contribution in [0.15, 0.2) is 24.0 Å². The molecule has 0 fully saturated rings. The largest absolute Gasteiger partial charge is 0.501 e. The third-order valence-electron chi connectivity index (χ3n) is 2.47. The van der Waals surface area contributed by atoms with Crippen LogP contribution < -0.4 is 0 Å². The number of nitriles is 1. The van der Waals surface area contributed by atoms with E-state index in [1.54, 1.807) is 13.0 Å². The summed E-state index contributed by atoms with van der Waals surface area (Å²) in [6.07, 6.45) is 0. The van der Waals surface area contributed by atoms with Crippen LogP contribution in [0, 0.1) is 25.2 Å². The third kappa shape index (κ3) is 2.89. The first-order valence-corrected chi connectivity index (χ1v) is 5.59. The lowest BCUT2D eigenvalue weighted by atomic mass is 9.98. The van der Waals surface area contributed by atoms with E-state index in [0.717, 1.165) is 11.1 Å². The van der Waals surface area contributed by atoms with Crippen molar-refractivity contribution in [1.82, 2.24) is 0 Å². The molecule has 0 spiro atoms. The van der Waals surface area contributed by atoms with Crippen LogP contribution in [0.3, 0.4) is 0 Å². The van der Waals surface area contributed by atoms with Crippen LogP contribution in [-0.2, 0) is 9.53 Å². The fraction of sp³-hybridized carbons (Fsp3) is 0.286. The number of esters is 1. The molecule has 0 aliphatic heterocycles. The van der Waals surface area contributed by atoms with Gasteiger partial charge in [-0.3, -0.25) is 0 Å². The maximum absolute atomic E-state index is 11.4. The summed E-state index contributed by atoms with van der Waals surface area (Å²) < 4.78 is 4.67. The molecule has 0 radical (unpaired) electrons. The molecule has 1 N–H and O–H groups in total. The summed E-state index contributed by atoms with van der Waals surface area (Å²) in [5.74, 6) is -1.53. The van der Waals surface area contributed by atoms with Crippen molar-refractivity contribution in [3.63, 3.8) is 0 Å². The molecule has 0 aliphatic carbocycles. The predicted octanol–water partition coefficient (Wildman–Crippen LogP) is 2.66. The van der Waals surface area contributed by atoms with Gasteiger partial charge in [-0.15, -0.1) is 0 Å². The Labute approximate surface area is 106 Å². The molecule has 0 aliphatic rings. The Bertz CT molecular complexity index is 538. The molecule has 0 saturated carbocycles. The minimum Gasteiger partial charge on any atom is -0.501 e. The van der Waals surface area contributed by atoms with Gasteiger partial charge in [0.1, 0.15) is 11.6 Å². The smallest absolute Gasteiger partial charge is 0.374 e. The molecule has 0 bridgehead atoms. The van der Waals surface area contributed by atoms with Crippen LogP contribution in [-0.4, -0.2) is 17.7 Å². The fourth-order valence-electron chi connectivity index (χ4n) is 1.64. The van der Waals surface area contributed by atoms with Gasteiger partial charge in [0.15, 0.2) is 0 Å². The molecule has 0 heterocycles. The third-order valence-corrected chi connectivity index (χ3v) is 2.47. The van der Waals surface area contributed by atoms with Crippen molar-refractivity contribution in [2.75, 3.05) is 6.61 Å². The highest BCUT2D eigenvalue weighted by Gasteiger charge is 2.18. The highest BCUT2D eigenvalue weighted by molar-refractivity contribution is 5.99. The average Bonchev–Trinajstić information content (AvgIpc) is 2.32. The Morgan fingerprint density at radius 1 is 1.44 bits per heavy atom. The number of hydrogen-bond acceptors (Lipinski definition) is 4. The summed E-state index contributed by atoms with van der Waals surface area (Å²) in [4.78, 5) is 11.4. The van der Waals surface area contributed by atoms with E-state index in [-0.39, 0.29) is 12.2 Å². The number of benzene rings is 1. The number of aliphatic hydroxyl groups is 1. The highest BCUT2D eigenvalue weighted by Crippen LogP contribution is 2.22. The molecule has 0 amide bonds. The van der Waals surface area contributed by atoms with Gasteiger partial charge in [-0.2, -0.15) is 5.26 Å². The van der Waals surface area contributed by atoms with E-state index in [1.807, 2.05) is 32.0 Å². The lowest BCUT2D eigenvalue weighted by Crippen LogP contribution is -2.09. The van der Waals surface area contributed by atoms with E-state index >= 15 is 0 Å². The zero-order valence-electron chi connectivity index (χ0n) is 10.7. The van der Waals surface area contributed by atoms with Crippen molar-refractivity contribution in [2.24, 2.45) is 0 Å². The predicted molar refractivity (Wildman–Crippen MR) is 67.7 cm³/mol. The first kappa shape index (κ1) is 13.8. The van der Waals surface area contributed by atoms with E-state index in [1.165, 1.54) is 0 Å². The number of hydrogen-bond donors (Lipinski definition) is 1. The Balaban J connectivity index is 3.30. The molecule has 4 heteroatoms. The van der Waals surface area contributed by atoms with E-state index in [9.17, 15) is 9.90 Å². The number of aryl methyl sites for hydroxylation is 2. The molecule has 18 heavy (non-hydrogen) atoms. The molecule has 4 nitrogen and oxygen atoms in total. The summed E-state index contributed by atoms with van der Waals surface area (Å²) in [6.45, 7) is 5.53. The second-order valence-corrected chi connectivity index (χ2v) is 3.87. The second-order valence-electron chi connectivity index (χ2n) is 3.87. The van der Waals surface area contributed by atoms with Crippen LogP contribution >= 0.6 is 0 Å². The summed E-state index contributed by atoms with van der Waals surface area (Å²) in [6, 6.07) is 7.25. The first-order chi connectivity index (χ1) is 8.51. The van der Waals surface area contributed by atoms with Crippen LogP contribution in [0.5, 0.6) is 0 Å². The molecule has 94 valence electrons. The van der Waals surface area contributed by atoms with Gasteiger partial charge < -0.3 is 9.84 Å². The van der Waals surface area contributed by atoms with E-state index in [2.05, 4.69) is 4.74 Å². The molecular weight excluding hydrogens is 230 g/mol. The van der Waals surface area contributed by atoms with Gasteiger partial charge in [-0.1, -0.05) is 23.8 Å². The van der Waals surface area contributed by atoms with E-state index in [4.69, 9.17) is 5.26 Å². The van der Waals surface area contributed by atoms with E-state index < -0.39 is 11.7 Å². The van der Waals surface area contributed by atoms with Crippen molar-refractivity contribution in [3.05, 3.63) is 40.6 Å². The fourth-order valence-corrected chi connectivity index (χ4v) is 1.64. The Morgan fingerprint density at radius 3 is 2.61 bits per heavy atom. The number of nitrogens with zero attached hydrogens (tertiary/aromatic N) is 1. The molecule has 0 aromatic heterocycles. The van der Waals surface area contributed by atoms with Gasteiger partial charge in [0, 0.05) is 0 Å². The zero-order chi connectivity index (χ0) is 13.7. The molecule has 1 rings (SSSR count). The molecule has 1 aromatic carbocycles.